The Kier molecular flexibility index (Phi) is 3.75. The molecule has 0 spiro atoms. The molecule has 0 N–H and O–H groups in total. The van der Waals surface area contributed by atoms with Crippen molar-refractivity contribution in [3.63, 3.8) is 0 Å². The molecule has 21 heavy (non-hydrogen) atoms. The van der Waals surface area contributed by atoms with Crippen molar-refractivity contribution in [1.29, 1.82) is 0 Å². The number of halogens is 1. The van der Waals surface area contributed by atoms with Crippen LogP contribution in [0.2, 0.25) is 0 Å². The zero-order valence-corrected chi connectivity index (χ0v) is 12.6. The second-order valence-corrected chi connectivity index (χ2v) is 5.85. The van der Waals surface area contributed by atoms with E-state index in [1.54, 1.807) is 18.2 Å². The van der Waals surface area contributed by atoms with Crippen LogP contribution in [0.4, 0.5) is 5.69 Å². The van der Waals surface area contributed by atoms with Crippen molar-refractivity contribution in [1.82, 2.24) is 0 Å². The Morgan fingerprint density at radius 1 is 1.14 bits per heavy atom. The van der Waals surface area contributed by atoms with Gasteiger partial charge < -0.3 is 4.42 Å². The number of nitro benzene ring substituents is 1. The van der Waals surface area contributed by atoms with Gasteiger partial charge in [-0.15, -0.1) is 0 Å². The van der Waals surface area contributed by atoms with Crippen molar-refractivity contribution in [2.45, 2.75) is 11.2 Å². The monoisotopic (exact) mass is 345 g/mol. The second-order valence-electron chi connectivity index (χ2n) is 4.74. The van der Waals surface area contributed by atoms with Gasteiger partial charge in [-0.05, 0) is 18.6 Å². The molecule has 0 aliphatic heterocycles. The molecule has 4 nitrogen and oxygen atoms in total. The summed E-state index contributed by atoms with van der Waals surface area (Å²) in [6.07, 6.45) is 0.497. The van der Waals surface area contributed by atoms with E-state index in [1.165, 1.54) is 6.07 Å². The number of benzene rings is 2. The predicted molar refractivity (Wildman–Crippen MR) is 84.7 cm³/mol. The van der Waals surface area contributed by atoms with Gasteiger partial charge in [0.2, 0.25) is 0 Å². The molecule has 5 heteroatoms. The van der Waals surface area contributed by atoms with Crippen LogP contribution < -0.4 is 0 Å². The summed E-state index contributed by atoms with van der Waals surface area (Å²) in [4.78, 5) is 10.6. The van der Waals surface area contributed by atoms with Crippen LogP contribution in [-0.4, -0.2) is 4.92 Å². The molecule has 106 valence electrons. The van der Waals surface area contributed by atoms with E-state index in [2.05, 4.69) is 15.9 Å². The molecule has 0 fully saturated rings. The molecule has 3 rings (SSSR count). The van der Waals surface area contributed by atoms with Gasteiger partial charge in [-0.2, -0.15) is 0 Å². The number of fused-ring (bicyclic) bond motifs is 1. The quantitative estimate of drug-likeness (QED) is 0.379. The van der Waals surface area contributed by atoms with Crippen molar-refractivity contribution in [2.75, 3.05) is 0 Å². The van der Waals surface area contributed by atoms with Crippen LogP contribution in [-0.2, 0) is 6.42 Å². The fraction of sp³-hybridized carbons (Fsp3) is 0.125. The minimum Gasteiger partial charge on any atom is -0.460 e. The first-order valence-electron chi connectivity index (χ1n) is 6.50. The van der Waals surface area contributed by atoms with E-state index >= 15 is 0 Å². The van der Waals surface area contributed by atoms with Crippen LogP contribution in [0.5, 0.6) is 0 Å². The topological polar surface area (TPSA) is 56.3 Å². The van der Waals surface area contributed by atoms with Gasteiger partial charge in [0.05, 0.1) is 9.75 Å². The highest BCUT2D eigenvalue weighted by Gasteiger charge is 2.19. The number of para-hydroxylation sites is 2. The highest BCUT2D eigenvalue weighted by atomic mass is 79.9. The van der Waals surface area contributed by atoms with E-state index in [0.29, 0.717) is 12.0 Å². The summed E-state index contributed by atoms with van der Waals surface area (Å²) < 4.78 is 5.79. The lowest BCUT2D eigenvalue weighted by atomic mass is 10.1. The van der Waals surface area contributed by atoms with E-state index < -0.39 is 0 Å². The summed E-state index contributed by atoms with van der Waals surface area (Å²) in [7, 11) is 0. The maximum absolute atomic E-state index is 11.0. The van der Waals surface area contributed by atoms with Crippen LogP contribution in [0.3, 0.4) is 0 Å². The molecule has 1 heterocycles. The second kappa shape index (κ2) is 5.69. The molecule has 0 bridgehead atoms. The number of rotatable bonds is 4. The van der Waals surface area contributed by atoms with Crippen LogP contribution in [0.1, 0.15) is 16.2 Å². The Hall–Kier alpha value is -2.14. The smallest absolute Gasteiger partial charge is 0.272 e. The third kappa shape index (κ3) is 2.83. The minimum absolute atomic E-state index is 0.106. The number of furan rings is 1. The Morgan fingerprint density at radius 2 is 1.86 bits per heavy atom. The lowest BCUT2D eigenvalue weighted by molar-refractivity contribution is -0.385. The van der Waals surface area contributed by atoms with Crippen molar-refractivity contribution in [2.24, 2.45) is 0 Å². The van der Waals surface area contributed by atoms with E-state index in [0.717, 1.165) is 16.7 Å². The lowest BCUT2D eigenvalue weighted by Crippen LogP contribution is -1.99. The number of nitro groups is 1. The zero-order chi connectivity index (χ0) is 14.8. The van der Waals surface area contributed by atoms with Crippen molar-refractivity contribution >= 4 is 32.6 Å². The average molecular weight is 346 g/mol. The van der Waals surface area contributed by atoms with Gasteiger partial charge >= 0.3 is 0 Å². The maximum Gasteiger partial charge on any atom is 0.272 e. The van der Waals surface area contributed by atoms with Crippen LogP contribution in [0.15, 0.2) is 59.0 Å². The summed E-state index contributed by atoms with van der Waals surface area (Å²) in [5.41, 5.74) is 1.64. The summed E-state index contributed by atoms with van der Waals surface area (Å²) in [5.74, 6) is 0.773. The molecule has 0 saturated carbocycles. The van der Waals surface area contributed by atoms with Gasteiger partial charge in [0.1, 0.15) is 11.3 Å². The first kappa shape index (κ1) is 13.8. The Labute approximate surface area is 129 Å². The van der Waals surface area contributed by atoms with Gasteiger partial charge in [0.25, 0.3) is 5.69 Å². The molecule has 3 aromatic rings. The van der Waals surface area contributed by atoms with Gasteiger partial charge in [0, 0.05) is 17.0 Å². The summed E-state index contributed by atoms with van der Waals surface area (Å²) in [6, 6.07) is 16.5. The molecule has 2 aromatic carbocycles. The van der Waals surface area contributed by atoms with E-state index in [1.807, 2.05) is 30.3 Å². The minimum atomic E-state index is -0.353. The van der Waals surface area contributed by atoms with Gasteiger partial charge in [-0.3, -0.25) is 10.1 Å². The van der Waals surface area contributed by atoms with Crippen molar-refractivity contribution in [3.05, 3.63) is 76.0 Å². The summed E-state index contributed by atoms with van der Waals surface area (Å²) >= 11 is 3.57. The molecule has 0 aliphatic rings. The lowest BCUT2D eigenvalue weighted by Gasteiger charge is -2.07. The van der Waals surface area contributed by atoms with Crippen molar-refractivity contribution in [3.8, 4) is 0 Å². The number of alkyl halides is 1. The van der Waals surface area contributed by atoms with Gasteiger partial charge in [-0.1, -0.05) is 52.3 Å². The first-order valence-corrected chi connectivity index (χ1v) is 7.41. The average Bonchev–Trinajstić information content (AvgIpc) is 2.91. The Bertz CT molecular complexity index is 764. The molecular formula is C16H12BrNO3. The molecule has 0 saturated heterocycles. The third-order valence-corrected chi connectivity index (χ3v) is 4.12. The van der Waals surface area contributed by atoms with E-state index in [-0.39, 0.29) is 15.4 Å². The number of nitrogens with zero attached hydrogens (tertiary/aromatic N) is 1. The van der Waals surface area contributed by atoms with Gasteiger partial charge in [0.15, 0.2) is 0 Å². The van der Waals surface area contributed by atoms with Crippen LogP contribution in [0, 0.1) is 10.1 Å². The molecule has 0 radical (unpaired) electrons. The van der Waals surface area contributed by atoms with E-state index in [9.17, 15) is 10.1 Å². The summed E-state index contributed by atoms with van der Waals surface area (Å²) in [6.45, 7) is 0. The van der Waals surface area contributed by atoms with Gasteiger partial charge in [-0.25, -0.2) is 0 Å². The van der Waals surface area contributed by atoms with Crippen molar-refractivity contribution < 1.29 is 9.34 Å². The fourth-order valence-electron chi connectivity index (χ4n) is 2.31. The highest BCUT2D eigenvalue weighted by molar-refractivity contribution is 9.09. The van der Waals surface area contributed by atoms with Crippen LogP contribution >= 0.6 is 15.9 Å². The zero-order valence-electron chi connectivity index (χ0n) is 11.0. The van der Waals surface area contributed by atoms with Crippen LogP contribution in [0.25, 0.3) is 11.0 Å². The fourth-order valence-corrected chi connectivity index (χ4v) is 2.89. The molecule has 1 unspecified atom stereocenters. The third-order valence-electron chi connectivity index (χ3n) is 3.34. The molecular weight excluding hydrogens is 334 g/mol. The van der Waals surface area contributed by atoms with E-state index in [4.69, 9.17) is 4.42 Å². The molecule has 0 amide bonds. The Balaban J connectivity index is 1.89. The molecule has 1 atom stereocenters. The highest BCUT2D eigenvalue weighted by Crippen LogP contribution is 2.33. The summed E-state index contributed by atoms with van der Waals surface area (Å²) in [5, 5.41) is 12.1. The normalized spacial score (nSPS) is 12.4. The molecule has 0 aliphatic carbocycles. The predicted octanol–water partition coefficient (Wildman–Crippen LogP) is 5.02. The standard InChI is InChI=1S/C16H12BrNO3/c17-13(9-11-5-1-3-7-14(11)18(19)20)16-10-12-6-2-4-8-15(12)21-16/h1-8,10,13H,9H2. The number of hydrogen-bond donors (Lipinski definition) is 0. The first-order chi connectivity index (χ1) is 10.1. The largest absolute Gasteiger partial charge is 0.460 e. The maximum atomic E-state index is 11.0. The Morgan fingerprint density at radius 3 is 2.62 bits per heavy atom. The SMILES string of the molecule is O=[N+]([O-])c1ccccc1CC(Br)c1cc2ccccc2o1. The molecule has 1 aromatic heterocycles. The number of hydrogen-bond acceptors (Lipinski definition) is 3.